The molecule has 0 atom stereocenters. The maximum Gasteiger partial charge on any atom is 0.309 e. The molecule has 0 N–H and O–H groups in total. The molecule has 3 aliphatic rings. The fourth-order valence-electron chi connectivity index (χ4n) is 6.42. The van der Waals surface area contributed by atoms with Crippen molar-refractivity contribution in [1.29, 1.82) is 0 Å². The Morgan fingerprint density at radius 1 is 0.957 bits per heavy atom. The second-order valence-electron chi connectivity index (χ2n) is 12.3. The molecule has 0 saturated carbocycles. The topological polar surface area (TPSA) is 94.1 Å². The van der Waals surface area contributed by atoms with Crippen molar-refractivity contribution >= 4 is 17.7 Å². The van der Waals surface area contributed by atoms with Gasteiger partial charge in [-0.3, -0.25) is 14.6 Å². The first-order chi connectivity index (χ1) is 22.3. The second-order valence-corrected chi connectivity index (χ2v) is 12.3. The Hall–Kier alpha value is -4.12. The van der Waals surface area contributed by atoms with Crippen LogP contribution in [0.1, 0.15) is 55.5 Å². The summed E-state index contributed by atoms with van der Waals surface area (Å²) < 4.78 is 46.1. The van der Waals surface area contributed by atoms with Crippen LogP contribution >= 0.6 is 0 Å². The van der Waals surface area contributed by atoms with Crippen molar-refractivity contribution in [2.24, 2.45) is 11.8 Å². The first-order valence-corrected chi connectivity index (χ1v) is 16.1. The molecule has 11 heteroatoms. The quantitative estimate of drug-likeness (QED) is 0.288. The van der Waals surface area contributed by atoms with Crippen LogP contribution in [0.3, 0.4) is 0 Å². The zero-order chi connectivity index (χ0) is 32.2. The molecule has 0 bridgehead atoms. The summed E-state index contributed by atoms with van der Waals surface area (Å²) in [4.78, 5) is 38.3. The SMILES string of the molecule is CCOC(=O)C1CCN(c2cccc(-c3cc(F)cc(F)c3OCc3ccc(C4CCN(C(=O)C5COC5)CC4)nc3C)n2)CC1. The van der Waals surface area contributed by atoms with Gasteiger partial charge in [-0.25, -0.2) is 13.8 Å². The third kappa shape index (κ3) is 6.99. The lowest BCUT2D eigenvalue weighted by atomic mass is 9.91. The molecule has 0 spiro atoms. The number of halogens is 2. The summed E-state index contributed by atoms with van der Waals surface area (Å²) in [6, 6.07) is 11.3. The Morgan fingerprint density at radius 3 is 2.39 bits per heavy atom. The first-order valence-electron chi connectivity index (χ1n) is 16.1. The fourth-order valence-corrected chi connectivity index (χ4v) is 6.42. The minimum absolute atomic E-state index is 0.00394. The molecule has 2 aromatic heterocycles. The van der Waals surface area contributed by atoms with Gasteiger partial charge in [-0.05, 0) is 63.8 Å². The summed E-state index contributed by atoms with van der Waals surface area (Å²) in [5, 5.41) is 0. The maximum absolute atomic E-state index is 15.2. The highest BCUT2D eigenvalue weighted by Crippen LogP contribution is 2.35. The van der Waals surface area contributed by atoms with Crippen LogP contribution in [-0.4, -0.2) is 72.7 Å². The lowest BCUT2D eigenvalue weighted by Gasteiger charge is -2.36. The summed E-state index contributed by atoms with van der Waals surface area (Å²) in [7, 11) is 0. The van der Waals surface area contributed by atoms with Crippen molar-refractivity contribution in [3.63, 3.8) is 0 Å². The van der Waals surface area contributed by atoms with Crippen LogP contribution in [0, 0.1) is 30.4 Å². The van der Waals surface area contributed by atoms with E-state index in [1.165, 1.54) is 6.07 Å². The van der Waals surface area contributed by atoms with Gasteiger partial charge in [0.25, 0.3) is 0 Å². The number of likely N-dealkylation sites (tertiary alicyclic amines) is 1. The largest absolute Gasteiger partial charge is 0.485 e. The van der Waals surface area contributed by atoms with Gasteiger partial charge in [0.1, 0.15) is 18.2 Å². The molecule has 0 aliphatic carbocycles. The average Bonchev–Trinajstić information content (AvgIpc) is 3.04. The second kappa shape index (κ2) is 14.1. The number of amides is 1. The molecule has 3 fully saturated rings. The predicted octanol–water partition coefficient (Wildman–Crippen LogP) is 5.44. The first kappa shape index (κ1) is 31.8. The van der Waals surface area contributed by atoms with E-state index in [-0.39, 0.29) is 47.6 Å². The normalized spacial score (nSPS) is 17.9. The van der Waals surface area contributed by atoms with Crippen molar-refractivity contribution in [2.75, 3.05) is 50.9 Å². The molecule has 3 saturated heterocycles. The Bertz CT molecular complexity index is 1570. The monoisotopic (exact) mass is 634 g/mol. The van der Waals surface area contributed by atoms with E-state index in [1.807, 2.05) is 30.0 Å². The molecule has 0 unspecified atom stereocenters. The number of carbonyl (C=O) groups excluding carboxylic acids is 2. The number of hydrogen-bond acceptors (Lipinski definition) is 8. The third-order valence-electron chi connectivity index (χ3n) is 9.26. The van der Waals surface area contributed by atoms with Crippen LogP contribution in [0.4, 0.5) is 14.6 Å². The van der Waals surface area contributed by atoms with E-state index in [2.05, 4.69) is 4.90 Å². The zero-order valence-electron chi connectivity index (χ0n) is 26.3. The minimum atomic E-state index is -0.811. The van der Waals surface area contributed by atoms with Crippen molar-refractivity contribution < 1.29 is 32.6 Å². The lowest BCUT2D eigenvalue weighted by Crippen LogP contribution is -2.47. The highest BCUT2D eigenvalue weighted by Gasteiger charge is 2.33. The van der Waals surface area contributed by atoms with E-state index < -0.39 is 11.6 Å². The highest BCUT2D eigenvalue weighted by atomic mass is 19.1. The Labute approximate surface area is 267 Å². The van der Waals surface area contributed by atoms with E-state index >= 15 is 4.39 Å². The number of pyridine rings is 2. The van der Waals surface area contributed by atoms with Crippen LogP contribution in [-0.2, 0) is 25.7 Å². The summed E-state index contributed by atoms with van der Waals surface area (Å²) in [6.07, 6.45) is 2.99. The van der Waals surface area contributed by atoms with Crippen LogP contribution in [0.25, 0.3) is 11.3 Å². The van der Waals surface area contributed by atoms with Crippen LogP contribution in [0.2, 0.25) is 0 Å². The number of piperidine rings is 2. The number of carbonyl (C=O) groups is 2. The minimum Gasteiger partial charge on any atom is -0.485 e. The van der Waals surface area contributed by atoms with Gasteiger partial charge in [0.2, 0.25) is 5.91 Å². The molecular weight excluding hydrogens is 594 g/mol. The van der Waals surface area contributed by atoms with Gasteiger partial charge in [-0.15, -0.1) is 0 Å². The molecule has 5 heterocycles. The van der Waals surface area contributed by atoms with Crippen molar-refractivity contribution in [2.45, 2.75) is 52.1 Å². The van der Waals surface area contributed by atoms with Crippen LogP contribution < -0.4 is 9.64 Å². The number of aromatic nitrogens is 2. The van der Waals surface area contributed by atoms with Gasteiger partial charge < -0.3 is 24.0 Å². The van der Waals surface area contributed by atoms with Crippen molar-refractivity contribution in [3.05, 3.63) is 71.1 Å². The Morgan fingerprint density at radius 2 is 1.72 bits per heavy atom. The molecule has 6 rings (SSSR count). The predicted molar refractivity (Wildman–Crippen MR) is 167 cm³/mol. The van der Waals surface area contributed by atoms with Gasteiger partial charge in [0.15, 0.2) is 11.6 Å². The average molecular weight is 635 g/mol. The van der Waals surface area contributed by atoms with E-state index in [0.717, 1.165) is 35.9 Å². The smallest absolute Gasteiger partial charge is 0.309 e. The van der Waals surface area contributed by atoms with E-state index in [4.69, 9.17) is 24.2 Å². The molecule has 0 radical (unpaired) electrons. The number of benzene rings is 1. The van der Waals surface area contributed by atoms with Gasteiger partial charge in [0.05, 0.1) is 37.4 Å². The molecule has 1 amide bonds. The third-order valence-corrected chi connectivity index (χ3v) is 9.26. The number of anilines is 1. The standard InChI is InChI=1S/C35H40F2N4O5/c1-3-45-35(43)24-11-13-40(14-12-24)32-6-4-5-31(39-32)28-17-27(36)18-29(37)33(28)46-21-25-7-8-30(38-22(25)2)23-9-15-41(16-10-23)34(42)26-19-44-20-26/h4-8,17-18,23-24,26H,3,9-16,19-21H2,1-2H3. The molecule has 244 valence electrons. The highest BCUT2D eigenvalue weighted by molar-refractivity contribution is 5.80. The van der Waals surface area contributed by atoms with Crippen molar-refractivity contribution in [3.8, 4) is 17.0 Å². The molecule has 3 aliphatic heterocycles. The maximum atomic E-state index is 15.2. The number of esters is 1. The zero-order valence-corrected chi connectivity index (χ0v) is 26.3. The Balaban J connectivity index is 1.12. The number of nitrogens with zero attached hydrogens (tertiary/aromatic N) is 4. The molecule has 46 heavy (non-hydrogen) atoms. The molecule has 9 nitrogen and oxygen atoms in total. The summed E-state index contributed by atoms with van der Waals surface area (Å²) in [5.74, 6) is -0.813. The molecular formula is C35H40F2N4O5. The van der Waals surface area contributed by atoms with Crippen molar-refractivity contribution in [1.82, 2.24) is 14.9 Å². The number of rotatable bonds is 9. The van der Waals surface area contributed by atoms with Crippen LogP contribution in [0.15, 0.2) is 42.5 Å². The van der Waals surface area contributed by atoms with Gasteiger partial charge in [-0.2, -0.15) is 0 Å². The summed E-state index contributed by atoms with van der Waals surface area (Å²) >= 11 is 0. The number of aryl methyl sites for hydroxylation is 1. The van der Waals surface area contributed by atoms with Crippen LogP contribution in [0.5, 0.6) is 5.75 Å². The van der Waals surface area contributed by atoms with Gasteiger partial charge >= 0.3 is 5.97 Å². The molecule has 3 aromatic rings. The van der Waals surface area contributed by atoms with E-state index in [9.17, 15) is 14.0 Å². The lowest BCUT2D eigenvalue weighted by molar-refractivity contribution is -0.151. The van der Waals surface area contributed by atoms with Gasteiger partial charge in [-0.1, -0.05) is 12.1 Å². The van der Waals surface area contributed by atoms with E-state index in [1.54, 1.807) is 19.1 Å². The summed E-state index contributed by atoms with van der Waals surface area (Å²) in [5.41, 5.74) is 3.15. The number of ether oxygens (including phenoxy) is 3. The number of hydrogen-bond donors (Lipinski definition) is 0. The Kier molecular flexibility index (Phi) is 9.77. The fraction of sp³-hybridized carbons (Fsp3) is 0.486. The molecule has 1 aromatic carbocycles. The van der Waals surface area contributed by atoms with Gasteiger partial charge in [0, 0.05) is 60.7 Å². The summed E-state index contributed by atoms with van der Waals surface area (Å²) in [6.45, 7) is 7.81. The van der Waals surface area contributed by atoms with E-state index in [0.29, 0.717) is 70.4 Å².